The van der Waals surface area contributed by atoms with Crippen LogP contribution in [0.3, 0.4) is 0 Å². The highest BCUT2D eigenvalue weighted by atomic mass is 16.5. The monoisotopic (exact) mass is 552 g/mol. The standard InChI is InChI=1S/C34H36N2O5/c1-20-18-21(2)27(22(3)19-20)28(26-16-17-41-33(26)40)35(23-12-8-7-9-13-23)32(39)29(34(4,5)6)36-30(37)24-14-10-11-15-25(24)31(36)38/h7-15,18-19,26,28-29H,16-17H2,1-6H3/t26-,28-,29-/m1/s1. The topological polar surface area (TPSA) is 84.0 Å². The number of benzene rings is 3. The molecule has 0 N–H and O–H groups in total. The zero-order chi connectivity index (χ0) is 29.6. The molecule has 0 spiro atoms. The van der Waals surface area contributed by atoms with Gasteiger partial charge in [-0.25, -0.2) is 0 Å². The minimum absolute atomic E-state index is 0.266. The Hall–Kier alpha value is -4.26. The lowest BCUT2D eigenvalue weighted by Crippen LogP contribution is -2.58. The van der Waals surface area contributed by atoms with Crippen molar-refractivity contribution in [2.45, 2.75) is 60.0 Å². The summed E-state index contributed by atoms with van der Waals surface area (Å²) in [4.78, 5) is 58.5. The zero-order valence-electron chi connectivity index (χ0n) is 24.4. The van der Waals surface area contributed by atoms with Gasteiger partial charge >= 0.3 is 5.97 Å². The molecule has 3 amide bonds. The summed E-state index contributed by atoms with van der Waals surface area (Å²) in [7, 11) is 0. The molecule has 0 radical (unpaired) electrons. The minimum Gasteiger partial charge on any atom is -0.465 e. The molecule has 0 unspecified atom stereocenters. The number of esters is 1. The van der Waals surface area contributed by atoms with E-state index in [1.807, 2.05) is 71.9 Å². The number of nitrogens with zero attached hydrogens (tertiary/aromatic N) is 2. The van der Waals surface area contributed by atoms with E-state index in [9.17, 15) is 14.4 Å². The van der Waals surface area contributed by atoms with Gasteiger partial charge < -0.3 is 9.64 Å². The molecule has 2 heterocycles. The maximum Gasteiger partial charge on any atom is 0.311 e. The van der Waals surface area contributed by atoms with E-state index < -0.39 is 41.1 Å². The van der Waals surface area contributed by atoms with Crippen LogP contribution >= 0.6 is 0 Å². The van der Waals surface area contributed by atoms with Crippen LogP contribution in [-0.4, -0.2) is 41.2 Å². The first-order valence-corrected chi connectivity index (χ1v) is 14.0. The van der Waals surface area contributed by atoms with Crippen molar-refractivity contribution in [3.63, 3.8) is 0 Å². The molecular weight excluding hydrogens is 516 g/mol. The number of fused-ring (bicyclic) bond motifs is 1. The number of hydrogen-bond donors (Lipinski definition) is 0. The summed E-state index contributed by atoms with van der Waals surface area (Å²) in [5.74, 6) is -2.40. The summed E-state index contributed by atoms with van der Waals surface area (Å²) in [6.45, 7) is 11.8. The quantitative estimate of drug-likeness (QED) is 0.278. The van der Waals surface area contributed by atoms with Crippen molar-refractivity contribution in [1.82, 2.24) is 4.90 Å². The molecular formula is C34H36N2O5. The number of carbonyl (C=O) groups is 4. The van der Waals surface area contributed by atoms with E-state index in [1.165, 1.54) is 0 Å². The summed E-state index contributed by atoms with van der Waals surface area (Å²) >= 11 is 0. The van der Waals surface area contributed by atoms with Gasteiger partial charge in [0.05, 0.1) is 29.7 Å². The summed E-state index contributed by atoms with van der Waals surface area (Å²) in [6.07, 6.45) is 0.445. The summed E-state index contributed by atoms with van der Waals surface area (Å²) in [5.41, 5.74) is 4.17. The lowest BCUT2D eigenvalue weighted by atomic mass is 9.81. The van der Waals surface area contributed by atoms with Gasteiger partial charge in [-0.05, 0) is 73.6 Å². The van der Waals surface area contributed by atoms with Crippen molar-refractivity contribution < 1.29 is 23.9 Å². The molecule has 3 aromatic carbocycles. The molecule has 0 aliphatic carbocycles. The van der Waals surface area contributed by atoms with Gasteiger partial charge in [-0.3, -0.25) is 24.1 Å². The zero-order valence-corrected chi connectivity index (χ0v) is 24.4. The molecule has 1 fully saturated rings. The second-order valence-corrected chi connectivity index (χ2v) is 12.2. The normalized spacial score (nSPS) is 18.2. The second-order valence-electron chi connectivity index (χ2n) is 12.2. The van der Waals surface area contributed by atoms with Gasteiger partial charge in [0.2, 0.25) is 0 Å². The first kappa shape index (κ1) is 28.3. The molecule has 0 saturated carbocycles. The third-order valence-electron chi connectivity index (χ3n) is 8.08. The number of carbonyl (C=O) groups excluding carboxylic acids is 4. The Bertz CT molecular complexity index is 1480. The third kappa shape index (κ3) is 4.94. The van der Waals surface area contributed by atoms with E-state index in [-0.39, 0.29) is 23.7 Å². The highest BCUT2D eigenvalue weighted by Crippen LogP contribution is 2.43. The molecule has 3 aromatic rings. The van der Waals surface area contributed by atoms with Gasteiger partial charge in [0.15, 0.2) is 0 Å². The Morgan fingerprint density at radius 3 is 1.90 bits per heavy atom. The Kier molecular flexibility index (Phi) is 7.32. The molecule has 7 heteroatoms. The molecule has 0 bridgehead atoms. The Balaban J connectivity index is 1.73. The molecule has 3 atom stereocenters. The summed E-state index contributed by atoms with van der Waals surface area (Å²) in [5, 5.41) is 0. The SMILES string of the molecule is Cc1cc(C)c([C@@H]([C@H]2CCOC2=O)N(C(=O)[C@@H](N2C(=O)c3ccccc3C2=O)C(C)(C)C)c2ccccc2)c(C)c1. The first-order chi connectivity index (χ1) is 19.4. The largest absolute Gasteiger partial charge is 0.465 e. The maximum atomic E-state index is 15.1. The molecule has 1 saturated heterocycles. The highest BCUT2D eigenvalue weighted by molar-refractivity contribution is 6.23. The van der Waals surface area contributed by atoms with Gasteiger partial charge in [-0.15, -0.1) is 0 Å². The summed E-state index contributed by atoms with van der Waals surface area (Å²) < 4.78 is 5.45. The maximum absolute atomic E-state index is 15.1. The number of aryl methyl sites for hydroxylation is 3. The average Bonchev–Trinajstić information content (AvgIpc) is 3.44. The van der Waals surface area contributed by atoms with Crippen LogP contribution in [0.5, 0.6) is 0 Å². The number of cyclic esters (lactones) is 1. The van der Waals surface area contributed by atoms with E-state index in [0.29, 0.717) is 12.1 Å². The fourth-order valence-electron chi connectivity index (χ4n) is 6.42. The van der Waals surface area contributed by atoms with Crippen molar-refractivity contribution in [3.05, 3.63) is 100 Å². The number of imide groups is 1. The van der Waals surface area contributed by atoms with Gasteiger partial charge in [0.1, 0.15) is 6.04 Å². The van der Waals surface area contributed by atoms with Crippen molar-refractivity contribution in [2.75, 3.05) is 11.5 Å². The fraction of sp³-hybridized carbons (Fsp3) is 0.353. The molecule has 7 nitrogen and oxygen atoms in total. The van der Waals surface area contributed by atoms with Crippen LogP contribution in [0.1, 0.15) is 76.2 Å². The van der Waals surface area contributed by atoms with Crippen molar-refractivity contribution in [2.24, 2.45) is 11.3 Å². The second kappa shape index (κ2) is 10.6. The Labute approximate surface area is 241 Å². The van der Waals surface area contributed by atoms with E-state index in [2.05, 4.69) is 12.1 Å². The van der Waals surface area contributed by atoms with Crippen LogP contribution in [0.15, 0.2) is 66.7 Å². The smallest absolute Gasteiger partial charge is 0.311 e. The molecule has 5 rings (SSSR count). The van der Waals surface area contributed by atoms with E-state index in [1.54, 1.807) is 29.2 Å². The van der Waals surface area contributed by atoms with Crippen LogP contribution in [0, 0.1) is 32.1 Å². The number of rotatable bonds is 6. The first-order valence-electron chi connectivity index (χ1n) is 14.0. The van der Waals surface area contributed by atoms with Crippen LogP contribution in [0.25, 0.3) is 0 Å². The highest BCUT2D eigenvalue weighted by Gasteiger charge is 2.51. The predicted octanol–water partition coefficient (Wildman–Crippen LogP) is 5.96. The van der Waals surface area contributed by atoms with E-state index in [4.69, 9.17) is 4.74 Å². The van der Waals surface area contributed by atoms with Crippen LogP contribution in [0.2, 0.25) is 0 Å². The van der Waals surface area contributed by atoms with Crippen LogP contribution < -0.4 is 4.90 Å². The Morgan fingerprint density at radius 1 is 0.878 bits per heavy atom. The molecule has 212 valence electrons. The Morgan fingerprint density at radius 2 is 1.41 bits per heavy atom. The van der Waals surface area contributed by atoms with Gasteiger partial charge in [0, 0.05) is 5.69 Å². The van der Waals surface area contributed by atoms with Gasteiger partial charge in [-0.1, -0.05) is 68.8 Å². The lowest BCUT2D eigenvalue weighted by Gasteiger charge is -2.43. The number of para-hydroxylation sites is 1. The predicted molar refractivity (Wildman–Crippen MR) is 157 cm³/mol. The van der Waals surface area contributed by atoms with E-state index >= 15 is 4.79 Å². The van der Waals surface area contributed by atoms with Crippen molar-refractivity contribution in [1.29, 1.82) is 0 Å². The van der Waals surface area contributed by atoms with E-state index in [0.717, 1.165) is 27.2 Å². The minimum atomic E-state index is -1.14. The van der Waals surface area contributed by atoms with Crippen molar-refractivity contribution in [3.8, 4) is 0 Å². The van der Waals surface area contributed by atoms with Gasteiger partial charge in [0.25, 0.3) is 17.7 Å². The van der Waals surface area contributed by atoms with Crippen molar-refractivity contribution >= 4 is 29.4 Å². The number of ether oxygens (including phenoxy) is 1. The number of hydrogen-bond acceptors (Lipinski definition) is 5. The molecule has 2 aliphatic rings. The number of amides is 3. The fourth-order valence-corrected chi connectivity index (χ4v) is 6.42. The molecule has 0 aromatic heterocycles. The van der Waals surface area contributed by atoms with Crippen LogP contribution in [0.4, 0.5) is 5.69 Å². The van der Waals surface area contributed by atoms with Crippen LogP contribution in [-0.2, 0) is 14.3 Å². The molecule has 2 aliphatic heterocycles. The average molecular weight is 553 g/mol. The summed E-state index contributed by atoms with van der Waals surface area (Å²) in [6, 6.07) is 18.1. The molecule has 41 heavy (non-hydrogen) atoms. The lowest BCUT2D eigenvalue weighted by molar-refractivity contribution is -0.142. The van der Waals surface area contributed by atoms with Gasteiger partial charge in [-0.2, -0.15) is 0 Å². The number of anilines is 1. The third-order valence-corrected chi connectivity index (χ3v) is 8.08.